The molecule has 4 aliphatic rings. The molecule has 27 heavy (non-hydrogen) atoms. The van der Waals surface area contributed by atoms with Gasteiger partial charge in [0.15, 0.2) is 0 Å². The van der Waals surface area contributed by atoms with Crippen molar-refractivity contribution in [2.45, 2.75) is 57.3 Å². The molecule has 1 aliphatic heterocycles. The summed E-state index contributed by atoms with van der Waals surface area (Å²) in [6.07, 6.45) is 8.45. The Labute approximate surface area is 161 Å². The third kappa shape index (κ3) is 2.71. The first-order chi connectivity index (χ1) is 13.0. The first-order valence-electron chi connectivity index (χ1n) is 10.7. The Morgan fingerprint density at radius 2 is 1.59 bits per heavy atom. The molecular weight excluding hydrogens is 336 g/mol. The van der Waals surface area contributed by atoms with E-state index in [1.807, 2.05) is 28.0 Å². The van der Waals surface area contributed by atoms with Crippen LogP contribution in [0.15, 0.2) is 24.3 Å². The van der Waals surface area contributed by atoms with Crippen LogP contribution in [-0.2, 0) is 10.2 Å². The van der Waals surface area contributed by atoms with Crippen LogP contribution in [0.25, 0.3) is 0 Å². The van der Waals surface area contributed by atoms with Crippen LogP contribution in [-0.4, -0.2) is 47.8 Å². The number of hydrogen-bond donors (Lipinski definition) is 0. The highest BCUT2D eigenvalue weighted by Gasteiger charge is 2.54. The van der Waals surface area contributed by atoms with E-state index in [-0.39, 0.29) is 17.2 Å². The fourth-order valence-electron chi connectivity index (χ4n) is 5.49. The van der Waals surface area contributed by atoms with Gasteiger partial charge in [0.1, 0.15) is 0 Å². The third-order valence-corrected chi connectivity index (χ3v) is 8.00. The number of benzene rings is 1. The first kappa shape index (κ1) is 17.3. The molecule has 3 saturated carbocycles. The fourth-order valence-corrected chi connectivity index (χ4v) is 5.49. The first-order valence-corrected chi connectivity index (χ1v) is 10.7. The predicted molar refractivity (Wildman–Crippen MR) is 105 cm³/mol. The standard InChI is InChI=1S/C23H30N2O2/c1-22(11-12-22)18-6-3-2-5-17(18)20(26)24-13-15-25(16-14-24)21(27)19-7-10-23(19)8-4-9-23/h2-3,5-6,19H,4,7-16H2,1H3. The van der Waals surface area contributed by atoms with Crippen molar-refractivity contribution in [3.05, 3.63) is 35.4 Å². The second kappa shape index (κ2) is 6.08. The summed E-state index contributed by atoms with van der Waals surface area (Å²) in [5.74, 6) is 0.771. The topological polar surface area (TPSA) is 40.6 Å². The van der Waals surface area contributed by atoms with Crippen LogP contribution in [0.5, 0.6) is 0 Å². The molecule has 0 N–H and O–H groups in total. The molecule has 0 radical (unpaired) electrons. The highest BCUT2D eigenvalue weighted by Crippen LogP contribution is 2.60. The number of carbonyl (C=O) groups excluding carboxylic acids is 2. The minimum atomic E-state index is 0.143. The van der Waals surface area contributed by atoms with E-state index in [1.165, 1.54) is 44.1 Å². The van der Waals surface area contributed by atoms with E-state index in [9.17, 15) is 9.59 Å². The Morgan fingerprint density at radius 1 is 0.926 bits per heavy atom. The average Bonchev–Trinajstić information content (AvgIpc) is 3.38. The highest BCUT2D eigenvalue weighted by atomic mass is 16.2. The molecule has 2 amide bonds. The monoisotopic (exact) mass is 366 g/mol. The van der Waals surface area contributed by atoms with Crippen LogP contribution < -0.4 is 0 Å². The number of nitrogens with zero attached hydrogens (tertiary/aromatic N) is 2. The Hall–Kier alpha value is -1.84. The van der Waals surface area contributed by atoms with Crippen LogP contribution in [0.1, 0.15) is 67.8 Å². The lowest BCUT2D eigenvalue weighted by atomic mass is 9.49. The second-order valence-electron chi connectivity index (χ2n) is 9.53. The van der Waals surface area contributed by atoms with Gasteiger partial charge >= 0.3 is 0 Å². The van der Waals surface area contributed by atoms with Gasteiger partial charge in [-0.2, -0.15) is 0 Å². The Balaban J connectivity index is 1.23. The number of amides is 2. The largest absolute Gasteiger partial charge is 0.339 e. The Bertz CT molecular complexity index is 765. The Morgan fingerprint density at radius 3 is 2.15 bits per heavy atom. The van der Waals surface area contributed by atoms with Crippen molar-refractivity contribution in [2.75, 3.05) is 26.2 Å². The highest BCUT2D eigenvalue weighted by molar-refractivity contribution is 5.96. The minimum absolute atomic E-state index is 0.143. The average molecular weight is 367 g/mol. The summed E-state index contributed by atoms with van der Waals surface area (Å²) in [7, 11) is 0. The van der Waals surface area contributed by atoms with Gasteiger partial charge in [-0.3, -0.25) is 9.59 Å². The molecule has 3 aliphatic carbocycles. The van der Waals surface area contributed by atoms with Crippen molar-refractivity contribution in [3.8, 4) is 0 Å². The molecule has 1 heterocycles. The molecular formula is C23H30N2O2. The van der Waals surface area contributed by atoms with Crippen molar-refractivity contribution in [3.63, 3.8) is 0 Å². The van der Waals surface area contributed by atoms with Gasteiger partial charge in [0, 0.05) is 37.7 Å². The van der Waals surface area contributed by atoms with Crippen molar-refractivity contribution in [1.29, 1.82) is 0 Å². The summed E-state index contributed by atoms with van der Waals surface area (Å²) in [5.41, 5.74) is 2.62. The summed E-state index contributed by atoms with van der Waals surface area (Å²) in [6.45, 7) is 4.96. The van der Waals surface area contributed by atoms with E-state index in [0.29, 0.717) is 37.5 Å². The summed E-state index contributed by atoms with van der Waals surface area (Å²) in [5, 5.41) is 0. The molecule has 4 fully saturated rings. The van der Waals surface area contributed by atoms with Gasteiger partial charge in [-0.15, -0.1) is 0 Å². The summed E-state index contributed by atoms with van der Waals surface area (Å²) in [6, 6.07) is 8.11. The van der Waals surface area contributed by atoms with Crippen LogP contribution >= 0.6 is 0 Å². The minimum Gasteiger partial charge on any atom is -0.339 e. The van der Waals surface area contributed by atoms with E-state index in [1.54, 1.807) is 0 Å². The molecule has 5 rings (SSSR count). The zero-order valence-corrected chi connectivity index (χ0v) is 16.4. The van der Waals surface area contributed by atoms with Crippen molar-refractivity contribution in [2.24, 2.45) is 11.3 Å². The smallest absolute Gasteiger partial charge is 0.254 e. The number of piperazine rings is 1. The molecule has 0 aromatic heterocycles. The molecule has 144 valence electrons. The van der Waals surface area contributed by atoms with E-state index < -0.39 is 0 Å². The number of rotatable bonds is 3. The van der Waals surface area contributed by atoms with Crippen LogP contribution in [0.4, 0.5) is 0 Å². The molecule has 1 saturated heterocycles. The maximum absolute atomic E-state index is 13.2. The molecule has 1 spiro atoms. The van der Waals surface area contributed by atoms with Crippen LogP contribution in [0.2, 0.25) is 0 Å². The Kier molecular flexibility index (Phi) is 3.89. The van der Waals surface area contributed by atoms with Gasteiger partial charge in [-0.1, -0.05) is 31.5 Å². The maximum Gasteiger partial charge on any atom is 0.254 e. The van der Waals surface area contributed by atoms with Gasteiger partial charge in [0.05, 0.1) is 0 Å². The quantitative estimate of drug-likeness (QED) is 0.820. The van der Waals surface area contributed by atoms with Gasteiger partial charge in [-0.05, 0) is 61.0 Å². The van der Waals surface area contributed by atoms with E-state index >= 15 is 0 Å². The lowest BCUT2D eigenvalue weighted by Gasteiger charge is -2.56. The van der Waals surface area contributed by atoms with E-state index in [0.717, 1.165) is 12.0 Å². The zero-order valence-electron chi connectivity index (χ0n) is 16.4. The van der Waals surface area contributed by atoms with Gasteiger partial charge in [0.25, 0.3) is 5.91 Å². The maximum atomic E-state index is 13.2. The molecule has 4 nitrogen and oxygen atoms in total. The van der Waals surface area contributed by atoms with Gasteiger partial charge in [-0.25, -0.2) is 0 Å². The number of hydrogen-bond acceptors (Lipinski definition) is 2. The molecule has 4 heteroatoms. The van der Waals surface area contributed by atoms with E-state index in [4.69, 9.17) is 0 Å². The van der Waals surface area contributed by atoms with E-state index in [2.05, 4.69) is 13.0 Å². The lowest BCUT2D eigenvalue weighted by molar-refractivity contribution is -0.156. The molecule has 1 atom stereocenters. The molecule has 1 aromatic rings. The third-order valence-electron chi connectivity index (χ3n) is 8.00. The second-order valence-corrected chi connectivity index (χ2v) is 9.53. The molecule has 1 aromatic carbocycles. The summed E-state index contributed by atoms with van der Waals surface area (Å²) in [4.78, 5) is 30.1. The summed E-state index contributed by atoms with van der Waals surface area (Å²) < 4.78 is 0. The predicted octanol–water partition coefficient (Wildman–Crippen LogP) is 3.60. The molecule has 0 bridgehead atoms. The van der Waals surface area contributed by atoms with Crippen molar-refractivity contribution in [1.82, 2.24) is 9.80 Å². The van der Waals surface area contributed by atoms with Gasteiger partial charge < -0.3 is 9.80 Å². The number of carbonyl (C=O) groups is 2. The van der Waals surface area contributed by atoms with Gasteiger partial charge in [0.2, 0.25) is 5.91 Å². The zero-order chi connectivity index (χ0) is 18.6. The van der Waals surface area contributed by atoms with Crippen LogP contribution in [0, 0.1) is 11.3 Å². The summed E-state index contributed by atoms with van der Waals surface area (Å²) >= 11 is 0. The van der Waals surface area contributed by atoms with Crippen molar-refractivity contribution < 1.29 is 9.59 Å². The normalized spacial score (nSPS) is 27.7. The fraction of sp³-hybridized carbons (Fsp3) is 0.652. The van der Waals surface area contributed by atoms with Crippen LogP contribution in [0.3, 0.4) is 0 Å². The van der Waals surface area contributed by atoms with Crippen molar-refractivity contribution >= 4 is 11.8 Å². The molecule has 1 unspecified atom stereocenters. The lowest BCUT2D eigenvalue weighted by Crippen LogP contribution is -2.57. The SMILES string of the molecule is CC1(c2ccccc2C(=O)N2CCN(C(=O)C3CCC34CCC4)CC2)CC1.